The fraction of sp³-hybridized carbons (Fsp3) is 0.586. The number of aliphatic hydroxyl groups is 1. The summed E-state index contributed by atoms with van der Waals surface area (Å²) in [7, 11) is 6.61. The molecule has 8 unspecified atom stereocenters. The van der Waals surface area contributed by atoms with Gasteiger partial charge in [0.05, 0.1) is 36.7 Å². The van der Waals surface area contributed by atoms with Gasteiger partial charge in [-0.3, -0.25) is 33.7 Å². The third kappa shape index (κ3) is 4.83. The number of phenols is 1. The zero-order chi connectivity index (χ0) is 31.3. The zero-order valence-electron chi connectivity index (χ0n) is 24.2. The van der Waals surface area contributed by atoms with E-state index in [4.69, 9.17) is 15.2 Å². The summed E-state index contributed by atoms with van der Waals surface area (Å²) >= 11 is 0. The number of nitrogens with zero attached hydrogens (tertiary/aromatic N) is 2. The molecule has 0 aromatic heterocycles. The summed E-state index contributed by atoms with van der Waals surface area (Å²) in [5.41, 5.74) is 2.49. The molecular weight excluding hydrogens is 550 g/mol. The average Bonchev–Trinajstić information content (AvgIpc) is 2.90. The number of phenolic OH excluding ortho intramolecular Hbond substituents is 1. The monoisotopic (exact) mass is 587 g/mol. The standard InChI is InChI=1S/C29H37N3O10/c1-6-16(34)42-25-18-14(12-41-11-10-31(2)3)13-8-7-9-15(33)17(13)23(35)19(18)26(37)29(40)21(25)22(32(4)5)24(36)20(27(29)38)28(30)39/h7-9,14,18-22,25,33,40H,6,10-12H2,1-5H3,(H2,30,39). The molecule has 0 radical (unpaired) electrons. The fourth-order valence-corrected chi connectivity index (χ4v) is 6.78. The first-order valence-electron chi connectivity index (χ1n) is 13.8. The molecule has 2 saturated carbocycles. The lowest BCUT2D eigenvalue weighted by molar-refractivity contribution is -0.206. The smallest absolute Gasteiger partial charge is 0.305 e. The Morgan fingerprint density at radius 3 is 2.31 bits per heavy atom. The van der Waals surface area contributed by atoms with Crippen molar-refractivity contribution in [3.8, 4) is 5.75 Å². The molecule has 13 nitrogen and oxygen atoms in total. The number of esters is 1. The van der Waals surface area contributed by atoms with E-state index in [0.717, 1.165) is 0 Å². The highest BCUT2D eigenvalue weighted by Gasteiger charge is 2.74. The molecule has 1 aromatic rings. The highest BCUT2D eigenvalue weighted by atomic mass is 16.5. The minimum atomic E-state index is -3.07. The minimum absolute atomic E-state index is 0.0736. The summed E-state index contributed by atoms with van der Waals surface area (Å²) < 4.78 is 11.8. The second-order valence-electron chi connectivity index (χ2n) is 11.6. The number of ketones is 4. The third-order valence-electron chi connectivity index (χ3n) is 8.66. The van der Waals surface area contributed by atoms with Gasteiger partial charge in [-0.15, -0.1) is 0 Å². The number of benzene rings is 1. The van der Waals surface area contributed by atoms with Crippen LogP contribution in [0.4, 0.5) is 0 Å². The van der Waals surface area contributed by atoms with Crippen LogP contribution in [0.15, 0.2) is 18.2 Å². The van der Waals surface area contributed by atoms with Crippen molar-refractivity contribution in [3.05, 3.63) is 29.3 Å². The Morgan fingerprint density at radius 1 is 1.07 bits per heavy atom. The number of primary amides is 1. The number of amides is 1. The molecule has 3 aliphatic carbocycles. The molecule has 2 fully saturated rings. The topological polar surface area (TPSA) is 194 Å². The van der Waals surface area contributed by atoms with Crippen molar-refractivity contribution in [1.82, 2.24) is 9.80 Å². The molecule has 1 aromatic carbocycles. The Hall–Kier alpha value is -3.52. The predicted octanol–water partition coefficient (Wildman–Crippen LogP) is -1.08. The second-order valence-corrected chi connectivity index (χ2v) is 11.6. The maximum atomic E-state index is 14.3. The van der Waals surface area contributed by atoms with Crippen molar-refractivity contribution < 1.29 is 48.5 Å². The maximum absolute atomic E-state index is 14.3. The number of aromatic hydroxyl groups is 1. The SMILES string of the molecule is CCC(=O)OC1C2C(C(=O)c3c(O)cccc3C2COCCN(C)C)C(=O)C2(O)C(=O)C(C(N)=O)C(=O)C(N(C)C)C12. The van der Waals surface area contributed by atoms with Gasteiger partial charge < -0.3 is 30.3 Å². The summed E-state index contributed by atoms with van der Waals surface area (Å²) in [5.74, 6) is -14.7. The fourth-order valence-electron chi connectivity index (χ4n) is 6.78. The molecule has 0 spiro atoms. The summed E-state index contributed by atoms with van der Waals surface area (Å²) in [6.45, 7) is 2.25. The van der Waals surface area contributed by atoms with Crippen molar-refractivity contribution in [1.29, 1.82) is 0 Å². The summed E-state index contributed by atoms with van der Waals surface area (Å²) in [6, 6.07) is 2.93. The molecule has 0 bridgehead atoms. The van der Waals surface area contributed by atoms with Crippen LogP contribution in [-0.2, 0) is 33.4 Å². The number of hydrogen-bond donors (Lipinski definition) is 3. The van der Waals surface area contributed by atoms with Gasteiger partial charge in [-0.2, -0.15) is 0 Å². The molecule has 42 heavy (non-hydrogen) atoms. The normalized spacial score (nSPS) is 32.4. The molecule has 0 aliphatic heterocycles. The van der Waals surface area contributed by atoms with Crippen LogP contribution in [0, 0.1) is 23.7 Å². The molecule has 13 heteroatoms. The zero-order valence-corrected chi connectivity index (χ0v) is 24.2. The number of ether oxygens (including phenoxy) is 2. The van der Waals surface area contributed by atoms with Crippen molar-refractivity contribution in [2.24, 2.45) is 29.4 Å². The number of likely N-dealkylation sites (N-methyl/N-ethyl adjacent to an activating group) is 2. The first-order chi connectivity index (χ1) is 19.7. The largest absolute Gasteiger partial charge is 0.507 e. The first-order valence-corrected chi connectivity index (χ1v) is 13.8. The van der Waals surface area contributed by atoms with Crippen LogP contribution in [0.3, 0.4) is 0 Å². The molecular formula is C29H37N3O10. The lowest BCUT2D eigenvalue weighted by Crippen LogP contribution is -2.78. The van der Waals surface area contributed by atoms with Gasteiger partial charge in [-0.1, -0.05) is 19.1 Å². The Labute approximate surface area is 242 Å². The molecule has 4 rings (SSSR count). The number of rotatable bonds is 9. The molecule has 3 aliphatic rings. The van der Waals surface area contributed by atoms with Crippen LogP contribution in [-0.4, -0.2) is 121 Å². The van der Waals surface area contributed by atoms with Crippen molar-refractivity contribution in [2.75, 3.05) is 47.9 Å². The van der Waals surface area contributed by atoms with Crippen LogP contribution in [0.5, 0.6) is 5.75 Å². The van der Waals surface area contributed by atoms with E-state index in [1.807, 2.05) is 19.0 Å². The second kappa shape index (κ2) is 11.6. The van der Waals surface area contributed by atoms with Crippen molar-refractivity contribution in [3.63, 3.8) is 0 Å². The van der Waals surface area contributed by atoms with Crippen molar-refractivity contribution >= 4 is 35.0 Å². The number of hydrogen-bond acceptors (Lipinski definition) is 12. The van der Waals surface area contributed by atoms with Gasteiger partial charge in [0, 0.05) is 24.8 Å². The van der Waals surface area contributed by atoms with Gasteiger partial charge in [-0.05, 0) is 39.8 Å². The van der Waals surface area contributed by atoms with E-state index in [2.05, 4.69) is 0 Å². The van der Waals surface area contributed by atoms with Crippen LogP contribution in [0.25, 0.3) is 0 Å². The average molecular weight is 588 g/mol. The van der Waals surface area contributed by atoms with E-state index in [1.54, 1.807) is 6.07 Å². The van der Waals surface area contributed by atoms with Crippen LogP contribution < -0.4 is 5.73 Å². The minimum Gasteiger partial charge on any atom is -0.507 e. The Morgan fingerprint density at radius 2 is 1.74 bits per heavy atom. The van der Waals surface area contributed by atoms with Crippen LogP contribution in [0.1, 0.15) is 35.2 Å². The maximum Gasteiger partial charge on any atom is 0.305 e. The molecule has 1 amide bonds. The van der Waals surface area contributed by atoms with Crippen LogP contribution in [0.2, 0.25) is 0 Å². The number of carbonyl (C=O) groups excluding carboxylic acids is 6. The summed E-state index contributed by atoms with van der Waals surface area (Å²) in [6.07, 6.45) is -1.64. The highest BCUT2D eigenvalue weighted by Crippen LogP contribution is 2.55. The number of Topliss-reactive ketones (excluding diaryl/α,β-unsaturated/α-hetero) is 4. The Kier molecular flexibility index (Phi) is 8.70. The Bertz CT molecular complexity index is 1330. The lowest BCUT2D eigenvalue weighted by atomic mass is 9.49. The van der Waals surface area contributed by atoms with E-state index in [0.29, 0.717) is 12.1 Å². The lowest BCUT2D eigenvalue weighted by Gasteiger charge is -2.56. The molecule has 0 saturated heterocycles. The quantitative estimate of drug-likeness (QED) is 0.180. The first kappa shape index (κ1) is 31.4. The third-order valence-corrected chi connectivity index (χ3v) is 8.66. The van der Waals surface area contributed by atoms with E-state index in [-0.39, 0.29) is 25.2 Å². The van der Waals surface area contributed by atoms with Gasteiger partial charge in [0.1, 0.15) is 11.9 Å². The summed E-state index contributed by atoms with van der Waals surface area (Å²) in [5, 5.41) is 22.8. The van der Waals surface area contributed by atoms with E-state index < -0.39 is 88.1 Å². The van der Waals surface area contributed by atoms with Crippen molar-refractivity contribution in [2.45, 2.75) is 37.0 Å². The number of nitrogens with two attached hydrogens (primary N) is 1. The molecule has 8 atom stereocenters. The van der Waals surface area contributed by atoms with E-state index in [9.17, 15) is 39.0 Å². The highest BCUT2D eigenvalue weighted by molar-refractivity contribution is 6.32. The summed E-state index contributed by atoms with van der Waals surface area (Å²) in [4.78, 5) is 84.0. The van der Waals surface area contributed by atoms with Gasteiger partial charge in [0.25, 0.3) is 0 Å². The molecule has 4 N–H and O–H groups in total. The van der Waals surface area contributed by atoms with E-state index in [1.165, 1.54) is 38.1 Å². The Balaban J connectivity index is 1.98. The van der Waals surface area contributed by atoms with Gasteiger partial charge in [-0.25, -0.2) is 0 Å². The predicted molar refractivity (Wildman–Crippen MR) is 145 cm³/mol. The van der Waals surface area contributed by atoms with Gasteiger partial charge >= 0.3 is 5.97 Å². The van der Waals surface area contributed by atoms with Gasteiger partial charge in [0.15, 0.2) is 34.7 Å². The number of carbonyl (C=O) groups is 6. The van der Waals surface area contributed by atoms with E-state index >= 15 is 0 Å². The van der Waals surface area contributed by atoms with Crippen LogP contribution >= 0.6 is 0 Å². The van der Waals surface area contributed by atoms with Gasteiger partial charge in [0.2, 0.25) is 5.91 Å². The molecule has 0 heterocycles. The molecule has 228 valence electrons. The number of fused-ring (bicyclic) bond motifs is 3.